The number of hydrogen-bond acceptors (Lipinski definition) is 7. The molecule has 3 aromatic rings. The number of carbonyl (C=O) groups is 3. The first-order valence-electron chi connectivity index (χ1n) is 11.4. The molecular formula is C27H21IN2O4S3. The van der Waals surface area contributed by atoms with E-state index in [1.54, 1.807) is 11.8 Å². The van der Waals surface area contributed by atoms with Crippen LogP contribution < -0.4 is 5.48 Å². The van der Waals surface area contributed by atoms with Gasteiger partial charge in [-0.05, 0) is 51.9 Å². The third kappa shape index (κ3) is 6.02. The molecule has 188 valence electrons. The molecule has 1 atom stereocenters. The summed E-state index contributed by atoms with van der Waals surface area (Å²) in [5, 5.41) is -0.0878. The summed E-state index contributed by atoms with van der Waals surface area (Å²) in [5.41, 5.74) is 4.57. The van der Waals surface area contributed by atoms with Crippen LogP contribution in [0.1, 0.15) is 6.42 Å². The minimum Gasteiger partial charge on any atom is -0.334 e. The van der Waals surface area contributed by atoms with E-state index in [2.05, 4.69) is 28.1 Å². The maximum absolute atomic E-state index is 13.2. The smallest absolute Gasteiger partial charge is 0.334 e. The summed E-state index contributed by atoms with van der Waals surface area (Å²) in [6.07, 6.45) is 0.388. The first-order chi connectivity index (χ1) is 18.0. The maximum Gasteiger partial charge on any atom is 0.380 e. The molecule has 1 N–H and O–H groups in total. The summed E-state index contributed by atoms with van der Waals surface area (Å²) < 4.78 is 1.04. The SMILES string of the molecule is O=C(CSc1ccccc1I)NOC(=O)C1=C(Sc2ccccc2-c2ccccc2)CS[C@H]2CC(=O)N12. The van der Waals surface area contributed by atoms with Gasteiger partial charge in [0.05, 0.1) is 17.5 Å². The van der Waals surface area contributed by atoms with Gasteiger partial charge in [0.2, 0.25) is 5.91 Å². The predicted octanol–water partition coefficient (Wildman–Crippen LogP) is 5.93. The highest BCUT2D eigenvalue weighted by molar-refractivity contribution is 14.1. The summed E-state index contributed by atoms with van der Waals surface area (Å²) in [7, 11) is 0. The first-order valence-corrected chi connectivity index (χ1v) is 15.3. The molecular weight excluding hydrogens is 639 g/mol. The Kier molecular flexibility index (Phi) is 8.48. The molecule has 1 saturated heterocycles. The topological polar surface area (TPSA) is 75.7 Å². The summed E-state index contributed by atoms with van der Waals surface area (Å²) in [6.45, 7) is 0. The molecule has 0 radical (unpaired) electrons. The molecule has 5 rings (SSSR count). The minimum absolute atomic E-state index is 0.0878. The van der Waals surface area contributed by atoms with Crippen LogP contribution in [0.4, 0.5) is 0 Å². The molecule has 10 heteroatoms. The second-order valence-corrected chi connectivity index (χ2v) is 12.6. The number of thioether (sulfide) groups is 3. The lowest BCUT2D eigenvalue weighted by atomic mass is 10.1. The van der Waals surface area contributed by atoms with Gasteiger partial charge in [-0.15, -0.1) is 23.5 Å². The van der Waals surface area contributed by atoms with Crippen molar-refractivity contribution in [3.63, 3.8) is 0 Å². The summed E-state index contributed by atoms with van der Waals surface area (Å²) in [5.74, 6) is -0.619. The first kappa shape index (κ1) is 26.2. The number of carbonyl (C=O) groups excluding carboxylic acids is 3. The number of nitrogens with zero attached hydrogens (tertiary/aromatic N) is 1. The van der Waals surface area contributed by atoms with Crippen LogP contribution in [-0.4, -0.2) is 39.6 Å². The molecule has 37 heavy (non-hydrogen) atoms. The van der Waals surface area contributed by atoms with Crippen LogP contribution in [0.5, 0.6) is 0 Å². The van der Waals surface area contributed by atoms with Crippen LogP contribution in [0.3, 0.4) is 0 Å². The number of hydrogen-bond donors (Lipinski definition) is 1. The van der Waals surface area contributed by atoms with Crippen molar-refractivity contribution in [2.45, 2.75) is 21.6 Å². The number of benzene rings is 3. The van der Waals surface area contributed by atoms with E-state index < -0.39 is 11.9 Å². The van der Waals surface area contributed by atoms with Crippen molar-refractivity contribution >= 4 is 75.7 Å². The van der Waals surface area contributed by atoms with Gasteiger partial charge in [-0.3, -0.25) is 14.5 Å². The van der Waals surface area contributed by atoms with Crippen molar-refractivity contribution in [1.82, 2.24) is 10.4 Å². The predicted molar refractivity (Wildman–Crippen MR) is 157 cm³/mol. The minimum atomic E-state index is -0.731. The highest BCUT2D eigenvalue weighted by Crippen LogP contribution is 2.46. The van der Waals surface area contributed by atoms with E-state index in [1.807, 2.05) is 78.9 Å². The van der Waals surface area contributed by atoms with Crippen LogP contribution in [0.2, 0.25) is 0 Å². The van der Waals surface area contributed by atoms with E-state index in [-0.39, 0.29) is 22.7 Å². The standard InChI is InChI=1S/C27H21IN2O4S3/c28-19-11-5-7-13-21(19)35-16-23(31)29-34-27(33)26-22(15-36-25-14-24(32)30(25)26)37-20-12-6-4-10-18(20)17-8-2-1-3-9-17/h1-13,25H,14-16H2,(H,29,31)/t25-/m0/s1. The summed E-state index contributed by atoms with van der Waals surface area (Å²) >= 11 is 6.65. The van der Waals surface area contributed by atoms with Crippen molar-refractivity contribution in [3.05, 3.63) is 93.0 Å². The largest absolute Gasteiger partial charge is 0.380 e. The number of rotatable bonds is 7. The van der Waals surface area contributed by atoms with Gasteiger partial charge in [0.15, 0.2) is 0 Å². The third-order valence-electron chi connectivity index (χ3n) is 5.67. The second kappa shape index (κ2) is 12.0. The van der Waals surface area contributed by atoms with Crippen molar-refractivity contribution < 1.29 is 19.2 Å². The number of β-lactam (4-membered cyclic amide) rings is 1. The third-order valence-corrected chi connectivity index (χ3v) is 10.6. The Morgan fingerprint density at radius 1 is 1.00 bits per heavy atom. The molecule has 0 aliphatic carbocycles. The highest BCUT2D eigenvalue weighted by atomic mass is 127. The average Bonchev–Trinajstić information content (AvgIpc) is 2.92. The van der Waals surface area contributed by atoms with Crippen LogP contribution >= 0.6 is 57.9 Å². The van der Waals surface area contributed by atoms with E-state index in [0.717, 1.165) is 29.4 Å². The molecule has 0 unspecified atom stereocenters. The van der Waals surface area contributed by atoms with Gasteiger partial charge >= 0.3 is 5.97 Å². The van der Waals surface area contributed by atoms with Gasteiger partial charge in [0.25, 0.3) is 5.91 Å². The number of hydroxylamine groups is 1. The Morgan fingerprint density at radius 3 is 2.46 bits per heavy atom. The van der Waals surface area contributed by atoms with E-state index in [4.69, 9.17) is 4.84 Å². The van der Waals surface area contributed by atoms with Gasteiger partial charge in [-0.2, -0.15) is 5.48 Å². The van der Waals surface area contributed by atoms with Crippen LogP contribution in [0.15, 0.2) is 99.3 Å². The molecule has 0 bridgehead atoms. The number of amides is 2. The maximum atomic E-state index is 13.2. The fourth-order valence-electron chi connectivity index (χ4n) is 3.88. The van der Waals surface area contributed by atoms with Gasteiger partial charge in [-0.25, -0.2) is 4.79 Å². The van der Waals surface area contributed by atoms with E-state index in [0.29, 0.717) is 12.2 Å². The summed E-state index contributed by atoms with van der Waals surface area (Å²) in [4.78, 5) is 47.5. The van der Waals surface area contributed by atoms with Crippen molar-refractivity contribution in [1.29, 1.82) is 0 Å². The summed E-state index contributed by atoms with van der Waals surface area (Å²) in [6, 6.07) is 25.7. The Balaban J connectivity index is 1.33. The average molecular weight is 661 g/mol. The molecule has 2 aliphatic heterocycles. The van der Waals surface area contributed by atoms with Crippen LogP contribution in [-0.2, 0) is 19.2 Å². The number of fused-ring (bicyclic) bond motifs is 1. The lowest BCUT2D eigenvalue weighted by molar-refractivity contribution is -0.158. The zero-order valence-corrected chi connectivity index (χ0v) is 24.0. The zero-order valence-electron chi connectivity index (χ0n) is 19.4. The van der Waals surface area contributed by atoms with Gasteiger partial charge < -0.3 is 4.84 Å². The zero-order chi connectivity index (χ0) is 25.8. The monoisotopic (exact) mass is 660 g/mol. The molecule has 0 saturated carbocycles. The fourth-order valence-corrected chi connectivity index (χ4v) is 8.00. The normalized spacial score (nSPS) is 16.6. The quantitative estimate of drug-likeness (QED) is 0.146. The van der Waals surface area contributed by atoms with Gasteiger partial charge in [-0.1, -0.05) is 72.4 Å². The molecule has 1 fully saturated rings. The van der Waals surface area contributed by atoms with E-state index in [9.17, 15) is 14.4 Å². The van der Waals surface area contributed by atoms with Crippen molar-refractivity contribution in [2.75, 3.05) is 11.5 Å². The number of halogens is 1. The lowest BCUT2D eigenvalue weighted by Crippen LogP contribution is -2.54. The highest BCUT2D eigenvalue weighted by Gasteiger charge is 2.46. The van der Waals surface area contributed by atoms with Gasteiger partial charge in [0.1, 0.15) is 5.70 Å². The number of nitrogens with one attached hydrogen (secondary N) is 1. The Morgan fingerprint density at radius 2 is 1.70 bits per heavy atom. The Labute approximate surface area is 241 Å². The lowest BCUT2D eigenvalue weighted by Gasteiger charge is -2.44. The van der Waals surface area contributed by atoms with Crippen LogP contribution in [0, 0.1) is 3.57 Å². The Bertz CT molecular complexity index is 1380. The molecule has 2 aliphatic rings. The molecule has 2 heterocycles. The van der Waals surface area contributed by atoms with Gasteiger partial charge in [0, 0.05) is 24.0 Å². The van der Waals surface area contributed by atoms with Crippen molar-refractivity contribution in [2.24, 2.45) is 0 Å². The molecule has 6 nitrogen and oxygen atoms in total. The second-order valence-electron chi connectivity index (χ2n) is 8.10. The molecule has 0 spiro atoms. The molecule has 0 aromatic heterocycles. The van der Waals surface area contributed by atoms with E-state index >= 15 is 0 Å². The molecule has 3 aromatic carbocycles. The molecule has 2 amide bonds. The Hall–Kier alpha value is -2.41. The van der Waals surface area contributed by atoms with Crippen molar-refractivity contribution in [3.8, 4) is 11.1 Å². The van der Waals surface area contributed by atoms with E-state index in [1.165, 1.54) is 28.4 Å². The van der Waals surface area contributed by atoms with Crippen LogP contribution in [0.25, 0.3) is 11.1 Å². The fraction of sp³-hybridized carbons (Fsp3) is 0.148.